The van der Waals surface area contributed by atoms with Crippen molar-refractivity contribution in [2.75, 3.05) is 24.5 Å². The van der Waals surface area contributed by atoms with E-state index in [1.165, 1.54) is 16.9 Å². The van der Waals surface area contributed by atoms with Crippen molar-refractivity contribution in [2.45, 2.75) is 25.8 Å². The number of carbonyl (C=O) groups excluding carboxylic acids is 1. The second-order valence-corrected chi connectivity index (χ2v) is 8.53. The van der Waals surface area contributed by atoms with Crippen molar-refractivity contribution in [1.29, 1.82) is 0 Å². The Morgan fingerprint density at radius 3 is 2.76 bits per heavy atom. The summed E-state index contributed by atoms with van der Waals surface area (Å²) in [5, 5.41) is 1.94. The van der Waals surface area contributed by atoms with Crippen molar-refractivity contribution in [3.8, 4) is 0 Å². The van der Waals surface area contributed by atoms with Crippen LogP contribution in [0.4, 0.5) is 5.82 Å². The van der Waals surface area contributed by atoms with Crippen LogP contribution in [0.1, 0.15) is 28.6 Å². The maximum absolute atomic E-state index is 13.3. The number of hydrogen-bond acceptors (Lipinski definition) is 5. The van der Waals surface area contributed by atoms with Gasteiger partial charge in [0, 0.05) is 38.1 Å². The quantitative estimate of drug-likeness (QED) is 0.617. The molecule has 0 aliphatic carbocycles. The molecule has 0 N–H and O–H groups in total. The molecule has 0 radical (unpaired) electrons. The van der Waals surface area contributed by atoms with Crippen molar-refractivity contribution in [1.82, 2.24) is 14.9 Å². The lowest BCUT2D eigenvalue weighted by molar-refractivity contribution is 0.0935. The maximum atomic E-state index is 13.3. The molecule has 0 spiro atoms. The molecule has 3 heterocycles. The van der Waals surface area contributed by atoms with Gasteiger partial charge in [0.1, 0.15) is 0 Å². The normalized spacial score (nSPS) is 19.8. The molecule has 1 aliphatic rings. The highest BCUT2D eigenvalue weighted by Gasteiger charge is 2.35. The van der Waals surface area contributed by atoms with E-state index in [1.54, 1.807) is 18.6 Å². The summed E-state index contributed by atoms with van der Waals surface area (Å²) < 4.78 is 0. The first kappa shape index (κ1) is 19.7. The molecule has 29 heavy (non-hydrogen) atoms. The van der Waals surface area contributed by atoms with Gasteiger partial charge >= 0.3 is 0 Å². The molecule has 2 aromatic heterocycles. The predicted octanol–water partition coefficient (Wildman–Crippen LogP) is 4.14. The number of anilines is 1. The molecular formula is C23H26N4OS. The number of benzene rings is 1. The predicted molar refractivity (Wildman–Crippen MR) is 117 cm³/mol. The van der Waals surface area contributed by atoms with Crippen molar-refractivity contribution in [2.24, 2.45) is 5.92 Å². The average Bonchev–Trinajstić information content (AvgIpc) is 3.30. The Kier molecular flexibility index (Phi) is 6.32. The minimum atomic E-state index is 0.0232. The Bertz CT molecular complexity index is 901. The number of piperidine rings is 1. The summed E-state index contributed by atoms with van der Waals surface area (Å²) in [6.07, 6.45) is 6.99. The van der Waals surface area contributed by atoms with E-state index in [2.05, 4.69) is 52.1 Å². The molecule has 5 nitrogen and oxygen atoms in total. The lowest BCUT2D eigenvalue weighted by Crippen LogP contribution is -2.53. The molecular weight excluding hydrogens is 380 g/mol. The van der Waals surface area contributed by atoms with Gasteiger partial charge in [0.2, 0.25) is 0 Å². The van der Waals surface area contributed by atoms with Crippen LogP contribution >= 0.6 is 11.3 Å². The molecule has 4 rings (SSSR count). The first-order valence-electron chi connectivity index (χ1n) is 10.1. The van der Waals surface area contributed by atoms with E-state index in [4.69, 9.17) is 0 Å². The van der Waals surface area contributed by atoms with Gasteiger partial charge in [-0.05, 0) is 35.8 Å². The second-order valence-electron chi connectivity index (χ2n) is 7.59. The zero-order valence-electron chi connectivity index (χ0n) is 16.6. The molecule has 3 aromatic rings. The molecule has 1 amide bonds. The fourth-order valence-electron chi connectivity index (χ4n) is 4.10. The van der Waals surface area contributed by atoms with E-state index in [0.717, 1.165) is 37.4 Å². The monoisotopic (exact) mass is 406 g/mol. The van der Waals surface area contributed by atoms with E-state index in [0.29, 0.717) is 11.7 Å². The number of nitrogens with zero attached hydrogens (tertiary/aromatic N) is 4. The van der Waals surface area contributed by atoms with Crippen molar-refractivity contribution < 1.29 is 4.79 Å². The molecule has 0 bridgehead atoms. The van der Waals surface area contributed by atoms with Gasteiger partial charge in [-0.25, -0.2) is 4.98 Å². The number of hydrogen-bond donors (Lipinski definition) is 0. The van der Waals surface area contributed by atoms with Gasteiger partial charge in [-0.2, -0.15) is 0 Å². The Balaban J connectivity index is 1.47. The summed E-state index contributed by atoms with van der Waals surface area (Å²) in [5.74, 6) is 1.01. The number of amides is 1. The third kappa shape index (κ3) is 4.71. The minimum Gasteiger partial charge on any atom is -0.303 e. The second kappa shape index (κ2) is 9.29. The highest BCUT2D eigenvalue weighted by atomic mass is 32.1. The molecule has 6 heteroatoms. The first-order valence-corrected chi connectivity index (χ1v) is 11.0. The van der Waals surface area contributed by atoms with E-state index in [1.807, 2.05) is 22.4 Å². The third-order valence-electron chi connectivity index (χ3n) is 5.58. The smallest absolute Gasteiger partial charge is 0.269 e. The van der Waals surface area contributed by atoms with Crippen LogP contribution in [0.5, 0.6) is 0 Å². The Morgan fingerprint density at radius 2 is 2.07 bits per heavy atom. The molecule has 1 aromatic carbocycles. The van der Waals surface area contributed by atoms with Gasteiger partial charge in [0.05, 0.1) is 11.1 Å². The summed E-state index contributed by atoms with van der Waals surface area (Å²) in [4.78, 5) is 27.1. The standard InChI is InChI=1S/C23H26N4OS/c1-18-17-26(13-9-19-6-3-2-4-7-19)14-10-20(18)27(22-16-24-11-12-25-22)23(28)21-8-5-15-29-21/h2-8,11-12,15-16,18,20H,9-10,13-14,17H2,1H3/t18-,20-/m1/s1. The zero-order valence-corrected chi connectivity index (χ0v) is 17.5. The van der Waals surface area contributed by atoms with Crippen LogP contribution in [0.2, 0.25) is 0 Å². The SMILES string of the molecule is C[C@@H]1CN(CCc2ccccc2)CC[C@H]1N(C(=O)c1cccs1)c1cnccn1. The fourth-order valence-corrected chi connectivity index (χ4v) is 4.76. The largest absolute Gasteiger partial charge is 0.303 e. The minimum absolute atomic E-state index is 0.0232. The lowest BCUT2D eigenvalue weighted by atomic mass is 9.91. The molecule has 1 saturated heterocycles. The topological polar surface area (TPSA) is 49.3 Å². The van der Waals surface area contributed by atoms with Crippen LogP contribution in [0.25, 0.3) is 0 Å². The van der Waals surface area contributed by atoms with Gasteiger partial charge in [-0.15, -0.1) is 11.3 Å². The molecule has 1 fully saturated rings. The van der Waals surface area contributed by atoms with E-state index >= 15 is 0 Å². The highest BCUT2D eigenvalue weighted by molar-refractivity contribution is 7.12. The van der Waals surface area contributed by atoms with Crippen LogP contribution in [0.15, 0.2) is 66.4 Å². The summed E-state index contributed by atoms with van der Waals surface area (Å²) in [7, 11) is 0. The molecule has 150 valence electrons. The van der Waals surface area contributed by atoms with Crippen LogP contribution < -0.4 is 4.90 Å². The van der Waals surface area contributed by atoms with Crippen molar-refractivity contribution >= 4 is 23.1 Å². The number of carbonyl (C=O) groups is 1. The fraction of sp³-hybridized carbons (Fsp3) is 0.348. The van der Waals surface area contributed by atoms with Gasteiger partial charge in [0.25, 0.3) is 5.91 Å². The van der Waals surface area contributed by atoms with E-state index in [-0.39, 0.29) is 11.9 Å². The summed E-state index contributed by atoms with van der Waals surface area (Å²) >= 11 is 1.48. The lowest BCUT2D eigenvalue weighted by Gasteiger charge is -2.42. The van der Waals surface area contributed by atoms with Crippen LogP contribution in [0, 0.1) is 5.92 Å². The summed E-state index contributed by atoms with van der Waals surface area (Å²) in [5.41, 5.74) is 1.37. The van der Waals surface area contributed by atoms with Crippen LogP contribution in [0.3, 0.4) is 0 Å². The van der Waals surface area contributed by atoms with Crippen molar-refractivity contribution in [3.05, 3.63) is 76.9 Å². The highest BCUT2D eigenvalue weighted by Crippen LogP contribution is 2.28. The van der Waals surface area contributed by atoms with Gasteiger partial charge in [-0.1, -0.05) is 43.3 Å². The van der Waals surface area contributed by atoms with Crippen LogP contribution in [-0.4, -0.2) is 46.5 Å². The van der Waals surface area contributed by atoms with Crippen LogP contribution in [-0.2, 0) is 6.42 Å². The number of rotatable bonds is 6. The molecule has 0 unspecified atom stereocenters. The Morgan fingerprint density at radius 1 is 1.21 bits per heavy atom. The molecule has 2 atom stereocenters. The summed E-state index contributed by atoms with van der Waals surface area (Å²) in [6, 6.07) is 14.5. The van der Waals surface area contributed by atoms with E-state index < -0.39 is 0 Å². The average molecular weight is 407 g/mol. The molecule has 1 aliphatic heterocycles. The number of likely N-dealkylation sites (tertiary alicyclic amines) is 1. The van der Waals surface area contributed by atoms with E-state index in [9.17, 15) is 4.79 Å². The number of thiophene rings is 1. The number of aromatic nitrogens is 2. The van der Waals surface area contributed by atoms with Gasteiger partial charge < -0.3 is 4.90 Å². The van der Waals surface area contributed by atoms with Gasteiger partial charge in [0.15, 0.2) is 5.82 Å². The summed E-state index contributed by atoms with van der Waals surface area (Å²) in [6.45, 7) is 5.25. The third-order valence-corrected chi connectivity index (χ3v) is 6.44. The zero-order chi connectivity index (χ0) is 20.1. The maximum Gasteiger partial charge on any atom is 0.269 e. The molecule has 0 saturated carbocycles. The van der Waals surface area contributed by atoms with Gasteiger partial charge in [-0.3, -0.25) is 14.7 Å². The first-order chi connectivity index (χ1) is 14.2. The Labute approximate surface area is 176 Å². The Hall–Kier alpha value is -2.57. The van der Waals surface area contributed by atoms with Crippen molar-refractivity contribution in [3.63, 3.8) is 0 Å².